The molecule has 1 aliphatic carbocycles. The third-order valence-electron chi connectivity index (χ3n) is 3.40. The molecule has 1 aromatic carbocycles. The summed E-state index contributed by atoms with van der Waals surface area (Å²) in [6.07, 6.45) is 3.35. The van der Waals surface area contributed by atoms with Gasteiger partial charge < -0.3 is 5.32 Å². The Morgan fingerprint density at radius 1 is 1.20 bits per heavy atom. The molecule has 5 heteroatoms. The summed E-state index contributed by atoms with van der Waals surface area (Å²) in [5.41, 5.74) is 2.52. The number of nitrogens with zero attached hydrogens (tertiary/aromatic N) is 2. The summed E-state index contributed by atoms with van der Waals surface area (Å²) in [4.78, 5) is 10.5. The van der Waals surface area contributed by atoms with E-state index in [1.807, 2.05) is 31.3 Å². The fourth-order valence-electron chi connectivity index (χ4n) is 2.43. The molecule has 1 N–H and O–H groups in total. The summed E-state index contributed by atoms with van der Waals surface area (Å²) in [5.74, 6) is 2.68. The first-order valence-electron chi connectivity index (χ1n) is 6.71. The molecule has 2 aromatic rings. The molecule has 0 spiro atoms. The van der Waals surface area contributed by atoms with Crippen molar-refractivity contribution in [3.05, 3.63) is 46.4 Å². The average molecular weight is 306 g/mol. The second kappa shape index (κ2) is 6.02. The van der Waals surface area contributed by atoms with Crippen LogP contribution in [0.2, 0.25) is 5.02 Å². The standard InChI is InChI=1S/C15H16ClN3S/c1-17-15-12-3-2-4-13(12)18-14(19-15)9-20-11-7-5-10(16)6-8-11/h5-8H,2-4,9H2,1H3,(H,17,18,19). The highest BCUT2D eigenvalue weighted by atomic mass is 35.5. The molecule has 0 saturated heterocycles. The highest BCUT2D eigenvalue weighted by Crippen LogP contribution is 2.28. The van der Waals surface area contributed by atoms with Gasteiger partial charge in [0.05, 0.1) is 5.75 Å². The van der Waals surface area contributed by atoms with Gasteiger partial charge in [-0.2, -0.15) is 0 Å². The molecular formula is C15H16ClN3S. The molecule has 0 saturated carbocycles. The van der Waals surface area contributed by atoms with Gasteiger partial charge in [-0.15, -0.1) is 11.8 Å². The molecule has 0 radical (unpaired) electrons. The van der Waals surface area contributed by atoms with Gasteiger partial charge in [0.1, 0.15) is 11.6 Å². The second-order valence-electron chi connectivity index (χ2n) is 4.76. The highest BCUT2D eigenvalue weighted by molar-refractivity contribution is 7.98. The quantitative estimate of drug-likeness (QED) is 0.868. The van der Waals surface area contributed by atoms with Crippen LogP contribution in [0.25, 0.3) is 0 Å². The minimum absolute atomic E-state index is 0.764. The lowest BCUT2D eigenvalue weighted by Crippen LogP contribution is -2.05. The Labute approximate surface area is 128 Å². The first kappa shape index (κ1) is 13.7. The largest absolute Gasteiger partial charge is 0.373 e. The monoisotopic (exact) mass is 305 g/mol. The van der Waals surface area contributed by atoms with E-state index < -0.39 is 0 Å². The van der Waals surface area contributed by atoms with Crippen molar-refractivity contribution < 1.29 is 0 Å². The summed E-state index contributed by atoms with van der Waals surface area (Å²) >= 11 is 7.63. The van der Waals surface area contributed by atoms with Crippen molar-refractivity contribution in [2.24, 2.45) is 0 Å². The SMILES string of the molecule is CNc1nc(CSc2ccc(Cl)cc2)nc2c1CCC2. The molecule has 3 nitrogen and oxygen atoms in total. The summed E-state index contributed by atoms with van der Waals surface area (Å²) in [6.45, 7) is 0. The predicted molar refractivity (Wildman–Crippen MR) is 84.6 cm³/mol. The Bertz CT molecular complexity index is 613. The maximum absolute atomic E-state index is 5.89. The molecule has 0 fully saturated rings. The van der Waals surface area contributed by atoms with E-state index in [4.69, 9.17) is 16.6 Å². The summed E-state index contributed by atoms with van der Waals surface area (Å²) in [7, 11) is 1.93. The van der Waals surface area contributed by atoms with Crippen molar-refractivity contribution >= 4 is 29.2 Å². The zero-order valence-electron chi connectivity index (χ0n) is 11.3. The fraction of sp³-hybridized carbons (Fsp3) is 0.333. The van der Waals surface area contributed by atoms with Crippen LogP contribution in [0.4, 0.5) is 5.82 Å². The molecule has 0 aliphatic heterocycles. The molecule has 1 heterocycles. The van der Waals surface area contributed by atoms with Crippen LogP contribution < -0.4 is 5.32 Å². The van der Waals surface area contributed by atoms with E-state index in [0.29, 0.717) is 0 Å². The molecule has 0 amide bonds. The van der Waals surface area contributed by atoms with Crippen LogP contribution in [0.15, 0.2) is 29.2 Å². The maximum atomic E-state index is 5.89. The number of thioether (sulfide) groups is 1. The number of hydrogen-bond acceptors (Lipinski definition) is 4. The lowest BCUT2D eigenvalue weighted by molar-refractivity contribution is 0.893. The second-order valence-corrected chi connectivity index (χ2v) is 6.25. The number of rotatable bonds is 4. The van der Waals surface area contributed by atoms with Crippen LogP contribution in [0.1, 0.15) is 23.5 Å². The Hall–Kier alpha value is -1.26. The number of fused-ring (bicyclic) bond motifs is 1. The van der Waals surface area contributed by atoms with Gasteiger partial charge in [0.25, 0.3) is 0 Å². The van der Waals surface area contributed by atoms with Crippen molar-refractivity contribution in [2.75, 3.05) is 12.4 Å². The molecule has 104 valence electrons. The van der Waals surface area contributed by atoms with Crippen molar-refractivity contribution in [1.82, 2.24) is 9.97 Å². The van der Waals surface area contributed by atoms with E-state index in [9.17, 15) is 0 Å². The molecule has 0 atom stereocenters. The van der Waals surface area contributed by atoms with E-state index >= 15 is 0 Å². The first-order valence-corrected chi connectivity index (χ1v) is 8.07. The van der Waals surface area contributed by atoms with Gasteiger partial charge in [-0.05, 0) is 43.5 Å². The minimum Gasteiger partial charge on any atom is -0.373 e. The summed E-state index contributed by atoms with van der Waals surface area (Å²) < 4.78 is 0. The van der Waals surface area contributed by atoms with Gasteiger partial charge >= 0.3 is 0 Å². The number of nitrogens with one attached hydrogen (secondary N) is 1. The van der Waals surface area contributed by atoms with E-state index in [0.717, 1.165) is 35.3 Å². The smallest absolute Gasteiger partial charge is 0.141 e. The van der Waals surface area contributed by atoms with Crippen LogP contribution in [0, 0.1) is 0 Å². The first-order chi connectivity index (χ1) is 9.76. The fourth-order valence-corrected chi connectivity index (χ4v) is 3.31. The molecule has 1 aliphatic rings. The Morgan fingerprint density at radius 3 is 2.75 bits per heavy atom. The Kier molecular flexibility index (Phi) is 4.13. The van der Waals surface area contributed by atoms with Gasteiger partial charge in [0, 0.05) is 28.2 Å². The highest BCUT2D eigenvalue weighted by Gasteiger charge is 2.18. The van der Waals surface area contributed by atoms with E-state index in [2.05, 4.69) is 10.3 Å². The predicted octanol–water partition coefficient (Wildman–Crippen LogP) is 3.95. The Balaban J connectivity index is 1.76. The number of anilines is 1. The normalized spacial score (nSPS) is 13.3. The third kappa shape index (κ3) is 2.91. The molecule has 3 rings (SSSR count). The average Bonchev–Trinajstić information content (AvgIpc) is 2.94. The summed E-state index contributed by atoms with van der Waals surface area (Å²) in [5, 5.41) is 3.96. The van der Waals surface area contributed by atoms with Gasteiger partial charge in [0.15, 0.2) is 0 Å². The van der Waals surface area contributed by atoms with Gasteiger partial charge in [-0.3, -0.25) is 0 Å². The lowest BCUT2D eigenvalue weighted by atomic mass is 10.2. The lowest BCUT2D eigenvalue weighted by Gasteiger charge is -2.09. The molecule has 0 unspecified atom stereocenters. The summed E-state index contributed by atoms with van der Waals surface area (Å²) in [6, 6.07) is 7.87. The van der Waals surface area contributed by atoms with E-state index in [-0.39, 0.29) is 0 Å². The molecule has 1 aromatic heterocycles. The van der Waals surface area contributed by atoms with Gasteiger partial charge in [-0.25, -0.2) is 9.97 Å². The van der Waals surface area contributed by atoms with Crippen molar-refractivity contribution in [2.45, 2.75) is 29.9 Å². The number of benzene rings is 1. The van der Waals surface area contributed by atoms with E-state index in [1.54, 1.807) is 11.8 Å². The minimum atomic E-state index is 0.764. The number of aromatic nitrogens is 2. The molecular weight excluding hydrogens is 290 g/mol. The number of halogens is 1. The van der Waals surface area contributed by atoms with Crippen LogP contribution >= 0.6 is 23.4 Å². The Morgan fingerprint density at radius 2 is 2.00 bits per heavy atom. The van der Waals surface area contributed by atoms with Crippen LogP contribution in [0.5, 0.6) is 0 Å². The van der Waals surface area contributed by atoms with Crippen molar-refractivity contribution in [3.63, 3.8) is 0 Å². The third-order valence-corrected chi connectivity index (χ3v) is 4.66. The molecule has 0 bridgehead atoms. The van der Waals surface area contributed by atoms with Gasteiger partial charge in [0.2, 0.25) is 0 Å². The molecule has 20 heavy (non-hydrogen) atoms. The topological polar surface area (TPSA) is 37.8 Å². The zero-order valence-corrected chi connectivity index (χ0v) is 12.9. The van der Waals surface area contributed by atoms with Crippen LogP contribution in [0.3, 0.4) is 0 Å². The van der Waals surface area contributed by atoms with Crippen LogP contribution in [-0.2, 0) is 18.6 Å². The van der Waals surface area contributed by atoms with Crippen molar-refractivity contribution in [3.8, 4) is 0 Å². The maximum Gasteiger partial charge on any atom is 0.141 e. The zero-order chi connectivity index (χ0) is 13.9. The van der Waals surface area contributed by atoms with Crippen molar-refractivity contribution in [1.29, 1.82) is 0 Å². The number of hydrogen-bond donors (Lipinski definition) is 1. The van der Waals surface area contributed by atoms with E-state index in [1.165, 1.54) is 22.6 Å². The van der Waals surface area contributed by atoms with Crippen LogP contribution in [-0.4, -0.2) is 17.0 Å². The number of aryl methyl sites for hydroxylation is 1. The van der Waals surface area contributed by atoms with Gasteiger partial charge in [-0.1, -0.05) is 11.6 Å².